The Hall–Kier alpha value is -2.47. The van der Waals surface area contributed by atoms with Crippen molar-refractivity contribution in [2.75, 3.05) is 12.4 Å². The molecule has 0 bridgehead atoms. The molecule has 0 aliphatic heterocycles. The number of halogens is 1. The summed E-state index contributed by atoms with van der Waals surface area (Å²) in [6.07, 6.45) is 1.68. The second kappa shape index (κ2) is 6.81. The Balaban J connectivity index is 2.05. The molecule has 4 N–H and O–H groups in total. The van der Waals surface area contributed by atoms with Crippen molar-refractivity contribution in [3.63, 3.8) is 0 Å². The first-order valence-electron chi connectivity index (χ1n) is 6.14. The Labute approximate surface area is 127 Å². The van der Waals surface area contributed by atoms with Gasteiger partial charge in [0.2, 0.25) is 5.88 Å². The van der Waals surface area contributed by atoms with Gasteiger partial charge in [-0.1, -0.05) is 28.9 Å². The van der Waals surface area contributed by atoms with Gasteiger partial charge in [-0.15, -0.1) is 0 Å². The lowest BCUT2D eigenvalue weighted by Crippen LogP contribution is -2.13. The fourth-order valence-corrected chi connectivity index (χ4v) is 1.96. The molecule has 1 aromatic heterocycles. The van der Waals surface area contributed by atoms with Gasteiger partial charge in [0.05, 0.1) is 19.0 Å². The predicted molar refractivity (Wildman–Crippen MR) is 82.1 cm³/mol. The average Bonchev–Trinajstić information content (AvgIpc) is 2.53. The van der Waals surface area contributed by atoms with Crippen molar-refractivity contribution in [1.82, 2.24) is 4.98 Å². The van der Waals surface area contributed by atoms with E-state index in [1.54, 1.807) is 31.5 Å². The number of nitrogens with zero attached hydrogens (tertiary/aromatic N) is 2. The molecule has 0 spiro atoms. The van der Waals surface area contributed by atoms with E-state index in [0.29, 0.717) is 23.0 Å². The summed E-state index contributed by atoms with van der Waals surface area (Å²) in [5.74, 6) is 0.581. The average molecular weight is 307 g/mol. The molecule has 0 unspecified atom stereocenters. The molecule has 0 saturated carbocycles. The maximum atomic E-state index is 8.63. The van der Waals surface area contributed by atoms with Crippen LogP contribution in [0.4, 0.5) is 5.69 Å². The van der Waals surface area contributed by atoms with E-state index in [-0.39, 0.29) is 5.84 Å². The number of oxime groups is 1. The van der Waals surface area contributed by atoms with Crippen LogP contribution < -0.4 is 15.8 Å². The third-order valence-electron chi connectivity index (χ3n) is 2.89. The van der Waals surface area contributed by atoms with E-state index in [4.69, 9.17) is 27.3 Å². The summed E-state index contributed by atoms with van der Waals surface area (Å²) < 4.78 is 4.99. The molecule has 21 heavy (non-hydrogen) atoms. The van der Waals surface area contributed by atoms with Gasteiger partial charge in [0.1, 0.15) is 0 Å². The van der Waals surface area contributed by atoms with Gasteiger partial charge in [-0.3, -0.25) is 0 Å². The summed E-state index contributed by atoms with van der Waals surface area (Å²) in [5, 5.41) is 15.3. The molecule has 0 aliphatic carbocycles. The molecule has 110 valence electrons. The van der Waals surface area contributed by atoms with Crippen LogP contribution in [-0.4, -0.2) is 23.1 Å². The molecular formula is C14H15ClN4O2. The minimum atomic E-state index is 0.0239. The first-order chi connectivity index (χ1) is 10.1. The van der Waals surface area contributed by atoms with Crippen LogP contribution in [0.1, 0.15) is 11.1 Å². The first kappa shape index (κ1) is 14.9. The van der Waals surface area contributed by atoms with Gasteiger partial charge < -0.3 is 21.0 Å². The largest absolute Gasteiger partial charge is 0.481 e. The molecule has 0 amide bonds. The van der Waals surface area contributed by atoms with E-state index in [0.717, 1.165) is 11.3 Å². The lowest BCUT2D eigenvalue weighted by molar-refractivity contribution is 0.318. The molecule has 7 heteroatoms. The zero-order chi connectivity index (χ0) is 15.2. The summed E-state index contributed by atoms with van der Waals surface area (Å²) >= 11 is 6.18. The number of hydrogen-bond donors (Lipinski definition) is 3. The standard InChI is InChI=1S/C14H15ClN4O2/c1-21-13-5-4-11(8-18-13)17-7-10-3-2-9(6-12(10)15)14(16)19-20/h2-6,8,17,20H,7H2,1H3,(H2,16,19). The van der Waals surface area contributed by atoms with Crippen molar-refractivity contribution < 1.29 is 9.94 Å². The number of benzene rings is 1. The number of rotatable bonds is 5. The van der Waals surface area contributed by atoms with Crippen LogP contribution in [0.5, 0.6) is 5.88 Å². The summed E-state index contributed by atoms with van der Waals surface area (Å²) in [4.78, 5) is 4.10. The SMILES string of the molecule is COc1ccc(NCc2ccc(/C(N)=N/O)cc2Cl)cn1. The van der Waals surface area contributed by atoms with E-state index < -0.39 is 0 Å². The fourth-order valence-electron chi connectivity index (χ4n) is 1.71. The highest BCUT2D eigenvalue weighted by Crippen LogP contribution is 2.20. The normalized spacial score (nSPS) is 11.2. The van der Waals surface area contributed by atoms with Crippen molar-refractivity contribution in [3.05, 3.63) is 52.7 Å². The molecule has 2 rings (SSSR count). The first-order valence-corrected chi connectivity index (χ1v) is 6.52. The molecule has 0 saturated heterocycles. The minimum absolute atomic E-state index is 0.0239. The Bertz CT molecular complexity index is 644. The van der Waals surface area contributed by atoms with Crippen LogP contribution in [0.25, 0.3) is 0 Å². The molecule has 0 aliphatic rings. The van der Waals surface area contributed by atoms with Gasteiger partial charge in [0.15, 0.2) is 5.84 Å². The van der Waals surface area contributed by atoms with Crippen LogP contribution in [0.15, 0.2) is 41.7 Å². The second-order valence-electron chi connectivity index (χ2n) is 4.23. The van der Waals surface area contributed by atoms with Crippen LogP contribution in [0, 0.1) is 0 Å². The number of anilines is 1. The molecule has 2 aromatic rings. The van der Waals surface area contributed by atoms with Gasteiger partial charge in [-0.2, -0.15) is 0 Å². The Morgan fingerprint density at radius 1 is 1.43 bits per heavy atom. The summed E-state index contributed by atoms with van der Waals surface area (Å²) in [6, 6.07) is 8.85. The highest BCUT2D eigenvalue weighted by molar-refractivity contribution is 6.31. The van der Waals surface area contributed by atoms with E-state index >= 15 is 0 Å². The second-order valence-corrected chi connectivity index (χ2v) is 4.64. The number of ether oxygens (including phenoxy) is 1. The molecule has 6 nitrogen and oxygen atoms in total. The maximum Gasteiger partial charge on any atom is 0.213 e. The van der Waals surface area contributed by atoms with Gasteiger partial charge in [-0.05, 0) is 17.7 Å². The topological polar surface area (TPSA) is 92.8 Å². The molecule has 1 heterocycles. The van der Waals surface area contributed by atoms with Gasteiger partial charge in [0.25, 0.3) is 0 Å². The Morgan fingerprint density at radius 2 is 2.24 bits per heavy atom. The number of hydrogen-bond acceptors (Lipinski definition) is 5. The summed E-state index contributed by atoms with van der Waals surface area (Å²) in [5.41, 5.74) is 7.82. The van der Waals surface area contributed by atoms with Crippen molar-refractivity contribution in [1.29, 1.82) is 0 Å². The molecule has 1 aromatic carbocycles. The van der Waals surface area contributed by atoms with Crippen molar-refractivity contribution in [2.24, 2.45) is 10.9 Å². The molecule has 0 atom stereocenters. The molecular weight excluding hydrogens is 292 g/mol. The number of aromatic nitrogens is 1. The van der Waals surface area contributed by atoms with Crippen LogP contribution >= 0.6 is 11.6 Å². The van der Waals surface area contributed by atoms with E-state index in [9.17, 15) is 0 Å². The predicted octanol–water partition coefficient (Wildman–Crippen LogP) is 2.45. The lowest BCUT2D eigenvalue weighted by Gasteiger charge is -2.09. The number of methoxy groups -OCH3 is 1. The highest BCUT2D eigenvalue weighted by Gasteiger charge is 2.05. The van der Waals surface area contributed by atoms with Crippen molar-refractivity contribution >= 4 is 23.1 Å². The Morgan fingerprint density at radius 3 is 2.81 bits per heavy atom. The van der Waals surface area contributed by atoms with Crippen LogP contribution in [0.3, 0.4) is 0 Å². The highest BCUT2D eigenvalue weighted by atomic mass is 35.5. The summed E-state index contributed by atoms with van der Waals surface area (Å²) in [6.45, 7) is 0.531. The van der Waals surface area contributed by atoms with E-state index in [2.05, 4.69) is 15.5 Å². The smallest absolute Gasteiger partial charge is 0.213 e. The van der Waals surface area contributed by atoms with Gasteiger partial charge in [-0.25, -0.2) is 4.98 Å². The van der Waals surface area contributed by atoms with E-state index in [1.807, 2.05) is 12.1 Å². The Kier molecular flexibility index (Phi) is 4.84. The third kappa shape index (κ3) is 3.76. The molecule has 0 radical (unpaired) electrons. The number of amidine groups is 1. The molecule has 0 fully saturated rings. The number of nitrogens with one attached hydrogen (secondary N) is 1. The van der Waals surface area contributed by atoms with Gasteiger partial charge >= 0.3 is 0 Å². The van der Waals surface area contributed by atoms with Crippen molar-refractivity contribution in [2.45, 2.75) is 6.54 Å². The van der Waals surface area contributed by atoms with E-state index in [1.165, 1.54) is 0 Å². The van der Waals surface area contributed by atoms with Gasteiger partial charge in [0, 0.05) is 23.2 Å². The third-order valence-corrected chi connectivity index (χ3v) is 3.24. The monoisotopic (exact) mass is 306 g/mol. The summed E-state index contributed by atoms with van der Waals surface area (Å²) in [7, 11) is 1.57. The number of pyridine rings is 1. The van der Waals surface area contributed by atoms with Crippen LogP contribution in [-0.2, 0) is 6.54 Å². The van der Waals surface area contributed by atoms with Crippen molar-refractivity contribution in [3.8, 4) is 5.88 Å². The zero-order valence-electron chi connectivity index (χ0n) is 11.4. The lowest BCUT2D eigenvalue weighted by atomic mass is 10.1. The zero-order valence-corrected chi connectivity index (χ0v) is 12.1. The van der Waals surface area contributed by atoms with Crippen LogP contribution in [0.2, 0.25) is 5.02 Å². The fraction of sp³-hybridized carbons (Fsp3) is 0.143. The quantitative estimate of drug-likeness (QED) is 0.341. The number of nitrogens with two attached hydrogens (primary N) is 1. The maximum absolute atomic E-state index is 8.63. The minimum Gasteiger partial charge on any atom is -0.481 e.